The van der Waals surface area contributed by atoms with Crippen molar-refractivity contribution in [1.29, 1.82) is 0 Å². The highest BCUT2D eigenvalue weighted by atomic mass is 35.5. The van der Waals surface area contributed by atoms with Crippen LogP contribution in [0.3, 0.4) is 0 Å². The smallest absolute Gasteiger partial charge is 0.349 e. The molecule has 0 aliphatic rings. The molecule has 8 heteroatoms. The summed E-state index contributed by atoms with van der Waals surface area (Å²) in [6, 6.07) is 7.43. The number of hydrogen-bond acceptors (Lipinski definition) is 4. The van der Waals surface area contributed by atoms with Gasteiger partial charge >= 0.3 is 11.9 Å². The molecule has 0 unspecified atom stereocenters. The third-order valence-corrected chi connectivity index (χ3v) is 4.84. The second-order valence-electron chi connectivity index (χ2n) is 4.67. The lowest BCUT2D eigenvalue weighted by Crippen LogP contribution is -2.10. The van der Waals surface area contributed by atoms with Crippen molar-refractivity contribution < 1.29 is 24.5 Å². The number of aromatic carboxylic acids is 1. The molecule has 1 aromatic carbocycles. The fourth-order valence-electron chi connectivity index (χ4n) is 2.18. The molecule has 0 saturated heterocycles. The highest BCUT2D eigenvalue weighted by molar-refractivity contribution is 7.18. The number of benzene rings is 1. The lowest BCUT2D eigenvalue weighted by Gasteiger charge is -2.03. The van der Waals surface area contributed by atoms with Gasteiger partial charge in [-0.1, -0.05) is 17.7 Å². The quantitative estimate of drug-likeness (QED) is 0.650. The Labute approximate surface area is 138 Å². The zero-order chi connectivity index (χ0) is 16.6. The highest BCUT2D eigenvalue weighted by Gasteiger charge is 2.24. The van der Waals surface area contributed by atoms with Crippen molar-refractivity contribution >= 4 is 45.8 Å². The van der Waals surface area contributed by atoms with Gasteiger partial charge in [-0.25, -0.2) is 9.59 Å². The molecule has 6 nitrogen and oxygen atoms in total. The number of hydrogen-bond donors (Lipinski definition) is 3. The molecule has 0 saturated carbocycles. The zero-order valence-electron chi connectivity index (χ0n) is 11.5. The number of aromatic amines is 1. The summed E-state index contributed by atoms with van der Waals surface area (Å²) in [5, 5.41) is 19.0. The Morgan fingerprint density at radius 2 is 2.04 bits per heavy atom. The molecule has 23 heavy (non-hydrogen) atoms. The predicted molar refractivity (Wildman–Crippen MR) is 86.7 cm³/mol. The number of fused-ring (bicyclic) bond motifs is 1. The van der Waals surface area contributed by atoms with Crippen molar-refractivity contribution in [3.05, 3.63) is 40.4 Å². The number of aliphatic carboxylic acids is 1. The third-order valence-electron chi connectivity index (χ3n) is 3.16. The van der Waals surface area contributed by atoms with Crippen LogP contribution in [0.5, 0.6) is 5.75 Å². The van der Waals surface area contributed by atoms with Gasteiger partial charge in [-0.3, -0.25) is 0 Å². The fourth-order valence-corrected chi connectivity index (χ4v) is 3.58. The van der Waals surface area contributed by atoms with Gasteiger partial charge in [-0.05, 0) is 29.1 Å². The Balaban J connectivity index is 2.09. The molecule has 0 aliphatic heterocycles. The van der Waals surface area contributed by atoms with E-state index in [0.29, 0.717) is 4.88 Å². The number of nitrogens with one attached hydrogen (secondary N) is 1. The van der Waals surface area contributed by atoms with E-state index < -0.39 is 18.5 Å². The molecule has 0 amide bonds. The van der Waals surface area contributed by atoms with Crippen molar-refractivity contribution in [1.82, 2.24) is 4.98 Å². The van der Waals surface area contributed by atoms with E-state index in [9.17, 15) is 14.7 Å². The summed E-state index contributed by atoms with van der Waals surface area (Å²) in [5.74, 6) is -2.54. The first kappa shape index (κ1) is 15.4. The Kier molecular flexibility index (Phi) is 3.97. The van der Waals surface area contributed by atoms with E-state index >= 15 is 0 Å². The van der Waals surface area contributed by atoms with Crippen molar-refractivity contribution in [2.24, 2.45) is 0 Å². The van der Waals surface area contributed by atoms with Gasteiger partial charge < -0.3 is 19.9 Å². The molecule has 0 spiro atoms. The number of carbonyl (C=O) groups is 2. The maximum absolute atomic E-state index is 11.4. The van der Waals surface area contributed by atoms with Gasteiger partial charge in [-0.15, -0.1) is 11.3 Å². The first-order valence-electron chi connectivity index (χ1n) is 6.45. The number of thiophene rings is 1. The van der Waals surface area contributed by atoms with Crippen molar-refractivity contribution in [3.8, 4) is 16.2 Å². The summed E-state index contributed by atoms with van der Waals surface area (Å²) in [6.45, 7) is -0.660. The van der Waals surface area contributed by atoms with Crippen LogP contribution in [0.4, 0.5) is 0 Å². The number of rotatable bonds is 5. The molecule has 3 N–H and O–H groups in total. The predicted octanol–water partition coefficient (Wildman–Crippen LogP) is 3.71. The number of aromatic nitrogens is 1. The Morgan fingerprint density at radius 1 is 1.26 bits per heavy atom. The topological polar surface area (TPSA) is 99.6 Å². The first-order valence-corrected chi connectivity index (χ1v) is 7.64. The molecule has 0 aliphatic carbocycles. The summed E-state index contributed by atoms with van der Waals surface area (Å²) in [4.78, 5) is 25.5. The van der Waals surface area contributed by atoms with Crippen LogP contribution >= 0.6 is 22.9 Å². The molecule has 0 atom stereocenters. The molecule has 3 rings (SSSR count). The van der Waals surface area contributed by atoms with Crippen LogP contribution in [-0.2, 0) is 4.79 Å². The summed E-state index contributed by atoms with van der Waals surface area (Å²) < 4.78 is 5.06. The van der Waals surface area contributed by atoms with Crippen LogP contribution in [0.25, 0.3) is 21.3 Å². The second kappa shape index (κ2) is 5.94. The molecule has 2 heterocycles. The van der Waals surface area contributed by atoms with Crippen LogP contribution in [0.15, 0.2) is 30.5 Å². The van der Waals surface area contributed by atoms with Gasteiger partial charge in [0.1, 0.15) is 5.02 Å². The number of ether oxygens (including phenoxy) is 1. The van der Waals surface area contributed by atoms with E-state index in [0.717, 1.165) is 27.8 Å². The van der Waals surface area contributed by atoms with Gasteiger partial charge in [0.05, 0.1) is 4.88 Å². The number of H-pyrrole nitrogens is 1. The van der Waals surface area contributed by atoms with Crippen molar-refractivity contribution in [3.63, 3.8) is 0 Å². The van der Waals surface area contributed by atoms with Crippen LogP contribution in [0, 0.1) is 0 Å². The normalized spacial score (nSPS) is 10.8. The average molecular weight is 352 g/mol. The van der Waals surface area contributed by atoms with Gasteiger partial charge in [0.25, 0.3) is 0 Å². The van der Waals surface area contributed by atoms with E-state index in [1.807, 2.05) is 24.3 Å². The number of halogens is 1. The monoisotopic (exact) mass is 351 g/mol. The van der Waals surface area contributed by atoms with E-state index in [1.54, 1.807) is 6.20 Å². The summed E-state index contributed by atoms with van der Waals surface area (Å²) in [6.07, 6.45) is 1.80. The van der Waals surface area contributed by atoms with Crippen LogP contribution < -0.4 is 4.74 Å². The fraction of sp³-hybridized carbons (Fsp3) is 0.0667. The maximum atomic E-state index is 11.4. The molecular weight excluding hydrogens is 342 g/mol. The molecule has 2 aromatic heterocycles. The second-order valence-corrected chi connectivity index (χ2v) is 6.07. The van der Waals surface area contributed by atoms with Crippen LogP contribution in [0.2, 0.25) is 5.02 Å². The minimum Gasteiger partial charge on any atom is -0.479 e. The maximum Gasteiger partial charge on any atom is 0.349 e. The number of carboxylic acid groups (broad SMARTS) is 2. The van der Waals surface area contributed by atoms with E-state index in [1.165, 1.54) is 0 Å². The van der Waals surface area contributed by atoms with Crippen LogP contribution in [-0.4, -0.2) is 33.7 Å². The Bertz CT molecular complexity index is 914. The molecule has 0 radical (unpaired) electrons. The van der Waals surface area contributed by atoms with Gasteiger partial charge in [0.2, 0.25) is 0 Å². The van der Waals surface area contributed by atoms with Gasteiger partial charge in [-0.2, -0.15) is 0 Å². The van der Waals surface area contributed by atoms with E-state index in [2.05, 4.69) is 4.98 Å². The molecule has 118 valence electrons. The van der Waals surface area contributed by atoms with E-state index in [-0.39, 0.29) is 15.6 Å². The molecular formula is C15H10ClNO5S. The molecule has 0 bridgehead atoms. The lowest BCUT2D eigenvalue weighted by molar-refractivity contribution is -0.139. The lowest BCUT2D eigenvalue weighted by atomic mass is 10.1. The minimum absolute atomic E-state index is 0.100. The molecule has 0 fully saturated rings. The third kappa shape index (κ3) is 2.88. The van der Waals surface area contributed by atoms with Gasteiger partial charge in [0, 0.05) is 11.7 Å². The molecule has 3 aromatic rings. The largest absolute Gasteiger partial charge is 0.479 e. The zero-order valence-corrected chi connectivity index (χ0v) is 13.1. The van der Waals surface area contributed by atoms with Crippen LogP contribution in [0.1, 0.15) is 9.67 Å². The van der Waals surface area contributed by atoms with Gasteiger partial charge in [0.15, 0.2) is 17.2 Å². The average Bonchev–Trinajstić information content (AvgIpc) is 3.08. The van der Waals surface area contributed by atoms with Crippen molar-refractivity contribution in [2.75, 3.05) is 6.61 Å². The number of carboxylic acids is 2. The Hall–Kier alpha value is -2.51. The van der Waals surface area contributed by atoms with Crippen molar-refractivity contribution in [2.45, 2.75) is 0 Å². The standard InChI is InChI=1S/C15H10ClNO5S/c16-11-12(22-6-10(18)19)14(15(20)21)23-13(11)8-1-2-9-7(5-8)3-4-17-9/h1-5,17H,6H2,(H,18,19)(H,20,21). The summed E-state index contributed by atoms with van der Waals surface area (Å²) in [5.41, 5.74) is 1.68. The summed E-state index contributed by atoms with van der Waals surface area (Å²) in [7, 11) is 0. The summed E-state index contributed by atoms with van der Waals surface area (Å²) >= 11 is 7.19. The SMILES string of the molecule is O=C(O)COc1c(C(=O)O)sc(-c2ccc3[nH]ccc3c2)c1Cl. The minimum atomic E-state index is -1.22. The highest BCUT2D eigenvalue weighted by Crippen LogP contribution is 2.45. The first-order chi connectivity index (χ1) is 11.0. The van der Waals surface area contributed by atoms with E-state index in [4.69, 9.17) is 21.4 Å². The Morgan fingerprint density at radius 3 is 2.74 bits per heavy atom.